The number of thioether (sulfide) groups is 1. The number of hydrogen-bond acceptors (Lipinski definition) is 6. The smallest absolute Gasteiger partial charge is 0.406 e. The van der Waals surface area contributed by atoms with Gasteiger partial charge in [0.2, 0.25) is 6.54 Å². The first-order valence-corrected chi connectivity index (χ1v) is 16.1. The molecule has 1 saturated heterocycles. The summed E-state index contributed by atoms with van der Waals surface area (Å²) in [7, 11) is 3.30. The van der Waals surface area contributed by atoms with E-state index in [0.717, 1.165) is 47.6 Å². The van der Waals surface area contributed by atoms with Gasteiger partial charge in [-0.1, -0.05) is 13.0 Å². The van der Waals surface area contributed by atoms with E-state index in [1.165, 1.54) is 4.57 Å². The van der Waals surface area contributed by atoms with Gasteiger partial charge < -0.3 is 24.1 Å². The summed E-state index contributed by atoms with van der Waals surface area (Å²) < 4.78 is 62.7. The first-order valence-electron chi connectivity index (χ1n) is 14.9. The Morgan fingerprint density at radius 2 is 1.93 bits per heavy atom. The second-order valence-corrected chi connectivity index (χ2v) is 11.9. The molecule has 44 heavy (non-hydrogen) atoms. The number of halogens is 3. The molecule has 2 aromatic carbocycles. The molecular formula is C33H40F3N4O3S+. The van der Waals surface area contributed by atoms with Gasteiger partial charge in [0, 0.05) is 60.9 Å². The Morgan fingerprint density at radius 3 is 2.61 bits per heavy atom. The highest BCUT2D eigenvalue weighted by Crippen LogP contribution is 2.33. The van der Waals surface area contributed by atoms with E-state index in [0.29, 0.717) is 42.4 Å². The number of alkyl halides is 3. The van der Waals surface area contributed by atoms with Crippen molar-refractivity contribution in [2.75, 3.05) is 58.6 Å². The van der Waals surface area contributed by atoms with Crippen LogP contribution in [0.5, 0.6) is 5.75 Å². The van der Waals surface area contributed by atoms with Gasteiger partial charge in [-0.05, 0) is 55.2 Å². The quantitative estimate of drug-likeness (QED) is 0.187. The molecule has 0 saturated carbocycles. The summed E-state index contributed by atoms with van der Waals surface area (Å²) in [6.07, 6.45) is -0.244. The molecule has 1 N–H and O–H groups in total. The third-order valence-corrected chi connectivity index (χ3v) is 8.81. The molecule has 0 aliphatic carbocycles. The summed E-state index contributed by atoms with van der Waals surface area (Å²) in [6.45, 7) is 3.95. The average molecular weight is 630 g/mol. The minimum Gasteiger partial charge on any atom is -0.490 e. The number of nitrogens with zero attached hydrogens (tertiary/aromatic N) is 3. The van der Waals surface area contributed by atoms with Crippen molar-refractivity contribution in [3.63, 3.8) is 0 Å². The summed E-state index contributed by atoms with van der Waals surface area (Å²) in [5.41, 5.74) is 2.42. The molecule has 0 radical (unpaired) electrons. The van der Waals surface area contributed by atoms with Gasteiger partial charge in [0.25, 0.3) is 5.69 Å². The lowest BCUT2D eigenvalue weighted by Crippen LogP contribution is -2.45. The first-order chi connectivity index (χ1) is 21.2. The average Bonchev–Trinajstić information content (AvgIpc) is 3.35. The van der Waals surface area contributed by atoms with Gasteiger partial charge in [0.15, 0.2) is 5.75 Å². The van der Waals surface area contributed by atoms with Crippen molar-refractivity contribution in [1.82, 2.24) is 9.47 Å². The summed E-state index contributed by atoms with van der Waals surface area (Å²) in [6, 6.07) is 13.4. The Morgan fingerprint density at radius 1 is 1.14 bits per heavy atom. The van der Waals surface area contributed by atoms with E-state index in [1.54, 1.807) is 38.1 Å². The highest BCUT2D eigenvalue weighted by atomic mass is 32.2. The molecule has 3 aliphatic rings. The first kappa shape index (κ1) is 32.1. The molecule has 3 aliphatic heterocycles. The number of rotatable bonds is 7. The van der Waals surface area contributed by atoms with E-state index >= 15 is 0 Å². The zero-order valence-electron chi connectivity index (χ0n) is 25.7. The second kappa shape index (κ2) is 14.2. The highest BCUT2D eigenvalue weighted by molar-refractivity contribution is 7.98. The van der Waals surface area contributed by atoms with Crippen LogP contribution in [0.4, 0.5) is 24.5 Å². The lowest BCUT2D eigenvalue weighted by atomic mass is 10.0. The molecule has 4 heterocycles. The highest BCUT2D eigenvalue weighted by Gasteiger charge is 2.31. The van der Waals surface area contributed by atoms with E-state index in [-0.39, 0.29) is 18.7 Å². The second-order valence-electron chi connectivity index (χ2n) is 11.1. The van der Waals surface area contributed by atoms with Crippen LogP contribution in [0.1, 0.15) is 31.9 Å². The lowest BCUT2D eigenvalue weighted by Gasteiger charge is -2.34. The third-order valence-electron chi connectivity index (χ3n) is 8.08. The molecule has 6 rings (SSSR count). The van der Waals surface area contributed by atoms with Crippen LogP contribution in [0.25, 0.3) is 10.9 Å². The largest absolute Gasteiger partial charge is 0.490 e. The number of ether oxygens (including phenoxy) is 3. The van der Waals surface area contributed by atoms with Crippen LogP contribution in [0.2, 0.25) is 0 Å². The maximum atomic E-state index is 13.8. The predicted octanol–water partition coefficient (Wildman–Crippen LogP) is 6.36. The molecule has 0 spiro atoms. The van der Waals surface area contributed by atoms with Crippen LogP contribution < -0.4 is 10.1 Å². The van der Waals surface area contributed by atoms with E-state index in [9.17, 15) is 13.2 Å². The van der Waals surface area contributed by atoms with E-state index in [4.69, 9.17) is 14.2 Å². The van der Waals surface area contributed by atoms with Gasteiger partial charge in [0.05, 0.1) is 31.3 Å². The number of anilines is 1. The topological polar surface area (TPSA) is 50.9 Å². The van der Waals surface area contributed by atoms with Crippen molar-refractivity contribution in [3.05, 3.63) is 48.2 Å². The Labute approximate surface area is 261 Å². The van der Waals surface area contributed by atoms with Gasteiger partial charge in [-0.15, -0.1) is 16.3 Å². The molecular weight excluding hydrogens is 589 g/mol. The monoisotopic (exact) mass is 629 g/mol. The van der Waals surface area contributed by atoms with Crippen molar-refractivity contribution < 1.29 is 32.0 Å². The van der Waals surface area contributed by atoms with E-state index < -0.39 is 12.7 Å². The standard InChI is InChI=1S/C33H40F3N4O3S/c1-5-32-39(30-12-11-26(44-4)19-31(30)42-3)15-7-8-24-18-27-28(9-6-10-29(27)40(24)22-33(34,35)36)37-23-13-16-38(17-14-23)20-25(43-32)21-41-2/h6,9-12,18-19,23,25,37H,5,13-17,20-22H2,1-4H3/q+1. The van der Waals surface area contributed by atoms with Crippen molar-refractivity contribution in [3.8, 4) is 17.6 Å². The fourth-order valence-corrected chi connectivity index (χ4v) is 6.43. The van der Waals surface area contributed by atoms with Crippen LogP contribution in [0, 0.1) is 11.8 Å². The normalized spacial score (nSPS) is 21.0. The lowest BCUT2D eigenvalue weighted by molar-refractivity contribution is -0.440. The fourth-order valence-electron chi connectivity index (χ4n) is 6.00. The molecule has 1 fully saturated rings. The van der Waals surface area contributed by atoms with Crippen LogP contribution in [0.15, 0.2) is 47.4 Å². The van der Waals surface area contributed by atoms with Crippen LogP contribution in [-0.4, -0.2) is 91.5 Å². The van der Waals surface area contributed by atoms with E-state index in [1.807, 2.05) is 48.1 Å². The molecule has 1 unspecified atom stereocenters. The predicted molar refractivity (Wildman–Crippen MR) is 170 cm³/mol. The molecule has 7 nitrogen and oxygen atoms in total. The SMILES string of the molecule is CCC1=[N+](c2ccc(SC)cc2OC)CC#Cc2cc3c(cccc3n2CC(F)(F)F)NC2CCN(CC2)CC(COC)O1. The van der Waals surface area contributed by atoms with Crippen LogP contribution in [0.3, 0.4) is 0 Å². The van der Waals surface area contributed by atoms with Gasteiger partial charge in [-0.25, -0.2) is 0 Å². The van der Waals surface area contributed by atoms with Crippen LogP contribution >= 0.6 is 11.8 Å². The number of nitrogens with one attached hydrogen (secondary N) is 1. The molecule has 0 amide bonds. The minimum atomic E-state index is -4.40. The zero-order valence-corrected chi connectivity index (χ0v) is 26.5. The maximum absolute atomic E-state index is 13.8. The molecule has 4 bridgehead atoms. The van der Waals surface area contributed by atoms with Crippen molar-refractivity contribution in [1.29, 1.82) is 0 Å². The summed E-state index contributed by atoms with van der Waals surface area (Å²) >= 11 is 1.61. The minimum absolute atomic E-state index is 0.183. The number of fused-ring (bicyclic) bond motifs is 7. The number of piperidine rings is 1. The number of benzene rings is 2. The van der Waals surface area contributed by atoms with Crippen molar-refractivity contribution in [2.24, 2.45) is 0 Å². The molecule has 3 aromatic rings. The van der Waals surface area contributed by atoms with Gasteiger partial charge in [-0.2, -0.15) is 13.2 Å². The fraction of sp³-hybridized carbons (Fsp3) is 0.485. The van der Waals surface area contributed by atoms with Crippen LogP contribution in [-0.2, 0) is 16.0 Å². The number of hydrogen-bond donors (Lipinski definition) is 1. The number of methoxy groups -OCH3 is 2. The number of aromatic nitrogens is 1. The Kier molecular flexibility index (Phi) is 10.3. The van der Waals surface area contributed by atoms with E-state index in [2.05, 4.69) is 22.1 Å². The summed E-state index contributed by atoms with van der Waals surface area (Å²) in [5.74, 6) is 7.61. The van der Waals surface area contributed by atoms with Gasteiger partial charge in [0.1, 0.15) is 12.6 Å². The zero-order chi connectivity index (χ0) is 31.3. The van der Waals surface area contributed by atoms with Crippen molar-refractivity contribution >= 4 is 39.9 Å². The summed E-state index contributed by atoms with van der Waals surface area (Å²) in [5, 5.41) is 4.36. The van der Waals surface area contributed by atoms with Gasteiger partial charge >= 0.3 is 12.1 Å². The molecule has 1 aromatic heterocycles. The Bertz CT molecular complexity index is 1550. The Hall–Kier alpha value is -3.33. The molecule has 1 atom stereocenters. The van der Waals surface area contributed by atoms with Gasteiger partial charge in [-0.3, -0.25) is 4.90 Å². The summed E-state index contributed by atoms with van der Waals surface area (Å²) in [4.78, 5) is 3.44. The molecule has 236 valence electrons. The molecule has 11 heteroatoms. The van der Waals surface area contributed by atoms with Crippen molar-refractivity contribution in [2.45, 2.75) is 55.9 Å². The maximum Gasteiger partial charge on any atom is 0.406 e. The Balaban J connectivity index is 1.67. The third kappa shape index (κ3) is 7.48.